The van der Waals surface area contributed by atoms with Gasteiger partial charge in [-0.2, -0.15) is 0 Å². The molecule has 1 spiro atoms. The van der Waals surface area contributed by atoms with E-state index in [-0.39, 0.29) is 11.4 Å². The molecule has 0 saturated carbocycles. The van der Waals surface area contributed by atoms with E-state index in [9.17, 15) is 4.79 Å². The number of fused-ring (bicyclic) bond motifs is 2. The number of carbonyl (C=O) groups excluding carboxylic acids is 1. The molecule has 1 amide bonds. The summed E-state index contributed by atoms with van der Waals surface area (Å²) in [6.07, 6.45) is 4.82. The molecule has 1 aromatic carbocycles. The summed E-state index contributed by atoms with van der Waals surface area (Å²) in [7, 11) is 0. The van der Waals surface area contributed by atoms with Crippen molar-refractivity contribution >= 4 is 5.91 Å². The van der Waals surface area contributed by atoms with Gasteiger partial charge >= 0.3 is 0 Å². The number of carbonyl (C=O) groups is 1. The van der Waals surface area contributed by atoms with Crippen molar-refractivity contribution in [1.29, 1.82) is 0 Å². The summed E-state index contributed by atoms with van der Waals surface area (Å²) in [5, 5.41) is 0. The van der Waals surface area contributed by atoms with Gasteiger partial charge in [0.1, 0.15) is 0 Å². The van der Waals surface area contributed by atoms with Gasteiger partial charge in [-0.3, -0.25) is 14.7 Å². The monoisotopic (exact) mass is 335 g/mol. The zero-order chi connectivity index (χ0) is 17.3. The van der Waals surface area contributed by atoms with Gasteiger partial charge in [-0.1, -0.05) is 30.3 Å². The minimum absolute atomic E-state index is 0.124. The maximum Gasteiger partial charge on any atom is 0.220 e. The standard InChI is InChI=1S/C21H25N3O/c1-17(25)24-13-9-18-6-2-3-8-20(18)21(24)10-14-23(15-11-21)16-19-7-4-5-12-22-19/h2-8,12H,9-11,13-16H2,1H3. The number of aromatic nitrogens is 1. The molecule has 0 atom stereocenters. The molecule has 1 aromatic heterocycles. The summed E-state index contributed by atoms with van der Waals surface area (Å²) < 4.78 is 0. The molecule has 0 unspecified atom stereocenters. The predicted molar refractivity (Wildman–Crippen MR) is 98.0 cm³/mol. The van der Waals surface area contributed by atoms with Gasteiger partial charge in [-0.25, -0.2) is 0 Å². The Morgan fingerprint density at radius 3 is 2.56 bits per heavy atom. The van der Waals surface area contributed by atoms with E-state index in [1.807, 2.05) is 18.3 Å². The fourth-order valence-electron chi connectivity index (χ4n) is 4.58. The van der Waals surface area contributed by atoms with Gasteiger partial charge < -0.3 is 4.90 Å². The number of piperidine rings is 1. The second-order valence-corrected chi connectivity index (χ2v) is 7.21. The normalized spacial score (nSPS) is 19.6. The smallest absolute Gasteiger partial charge is 0.220 e. The Bertz CT molecular complexity index is 751. The lowest BCUT2D eigenvalue weighted by atomic mass is 9.74. The number of likely N-dealkylation sites (tertiary alicyclic amines) is 1. The van der Waals surface area contributed by atoms with E-state index in [1.165, 1.54) is 11.1 Å². The quantitative estimate of drug-likeness (QED) is 0.846. The summed E-state index contributed by atoms with van der Waals surface area (Å²) in [5.74, 6) is 0.202. The minimum atomic E-state index is -0.124. The molecule has 4 rings (SSSR count). The molecule has 2 aromatic rings. The third-order valence-corrected chi connectivity index (χ3v) is 5.82. The Balaban J connectivity index is 1.57. The van der Waals surface area contributed by atoms with Crippen LogP contribution in [0.3, 0.4) is 0 Å². The van der Waals surface area contributed by atoms with Gasteiger partial charge in [0.15, 0.2) is 0 Å². The fourth-order valence-corrected chi connectivity index (χ4v) is 4.58. The third-order valence-electron chi connectivity index (χ3n) is 5.82. The van der Waals surface area contributed by atoms with Crippen LogP contribution < -0.4 is 0 Å². The molecule has 2 aliphatic rings. The number of hydrogen-bond acceptors (Lipinski definition) is 3. The average Bonchev–Trinajstić information content (AvgIpc) is 2.65. The lowest BCUT2D eigenvalue weighted by Crippen LogP contribution is -2.57. The van der Waals surface area contributed by atoms with Crippen molar-refractivity contribution < 1.29 is 4.79 Å². The van der Waals surface area contributed by atoms with Crippen LogP contribution in [0.5, 0.6) is 0 Å². The lowest BCUT2D eigenvalue weighted by Gasteiger charge is -2.52. The van der Waals surface area contributed by atoms with Crippen molar-refractivity contribution in [2.45, 2.75) is 38.3 Å². The van der Waals surface area contributed by atoms with Crippen molar-refractivity contribution in [3.63, 3.8) is 0 Å². The first kappa shape index (κ1) is 16.3. The number of hydrogen-bond donors (Lipinski definition) is 0. The largest absolute Gasteiger partial charge is 0.333 e. The SMILES string of the molecule is CC(=O)N1CCc2ccccc2C12CCN(Cc1ccccn1)CC2. The van der Waals surface area contributed by atoms with Crippen molar-refractivity contribution in [2.24, 2.45) is 0 Å². The molecule has 0 N–H and O–H groups in total. The second-order valence-electron chi connectivity index (χ2n) is 7.21. The van der Waals surface area contributed by atoms with E-state index in [0.29, 0.717) is 0 Å². The Labute approximate surface area is 149 Å². The molecule has 0 aliphatic carbocycles. The molecule has 25 heavy (non-hydrogen) atoms. The molecule has 4 heteroatoms. The maximum absolute atomic E-state index is 12.4. The second kappa shape index (κ2) is 6.60. The molecule has 3 heterocycles. The van der Waals surface area contributed by atoms with Crippen LogP contribution in [0.2, 0.25) is 0 Å². The van der Waals surface area contributed by atoms with Crippen LogP contribution in [0.15, 0.2) is 48.7 Å². The molecular formula is C21H25N3O. The topological polar surface area (TPSA) is 36.4 Å². The zero-order valence-corrected chi connectivity index (χ0v) is 14.8. The first-order valence-electron chi connectivity index (χ1n) is 9.18. The Kier molecular flexibility index (Phi) is 4.30. The highest BCUT2D eigenvalue weighted by Gasteiger charge is 2.45. The number of benzene rings is 1. The van der Waals surface area contributed by atoms with E-state index in [0.717, 1.165) is 51.1 Å². The number of pyridine rings is 1. The Morgan fingerprint density at radius 1 is 1.08 bits per heavy atom. The highest BCUT2D eigenvalue weighted by molar-refractivity contribution is 5.75. The summed E-state index contributed by atoms with van der Waals surface area (Å²) in [4.78, 5) is 21.4. The van der Waals surface area contributed by atoms with Gasteiger partial charge in [-0.15, -0.1) is 0 Å². The van der Waals surface area contributed by atoms with Crippen LogP contribution in [0.1, 0.15) is 36.6 Å². The van der Waals surface area contributed by atoms with Gasteiger partial charge in [-0.05, 0) is 42.5 Å². The van der Waals surface area contributed by atoms with E-state index < -0.39 is 0 Å². The molecular weight excluding hydrogens is 310 g/mol. The Hall–Kier alpha value is -2.20. The molecule has 4 nitrogen and oxygen atoms in total. The summed E-state index contributed by atoms with van der Waals surface area (Å²) in [5.41, 5.74) is 3.78. The molecule has 1 saturated heterocycles. The molecule has 1 fully saturated rings. The third kappa shape index (κ3) is 2.95. The van der Waals surface area contributed by atoms with E-state index in [2.05, 4.69) is 45.1 Å². The van der Waals surface area contributed by atoms with Gasteiger partial charge in [0.2, 0.25) is 5.91 Å². The van der Waals surface area contributed by atoms with Crippen molar-refractivity contribution in [3.05, 3.63) is 65.5 Å². The summed E-state index contributed by atoms with van der Waals surface area (Å²) in [6, 6.07) is 14.8. The van der Waals surface area contributed by atoms with E-state index in [4.69, 9.17) is 0 Å². The zero-order valence-electron chi connectivity index (χ0n) is 14.8. The number of amides is 1. The Morgan fingerprint density at radius 2 is 1.84 bits per heavy atom. The highest BCUT2D eigenvalue weighted by atomic mass is 16.2. The molecule has 2 aliphatic heterocycles. The van der Waals surface area contributed by atoms with Crippen LogP contribution in [0.25, 0.3) is 0 Å². The van der Waals surface area contributed by atoms with E-state index >= 15 is 0 Å². The van der Waals surface area contributed by atoms with Crippen molar-refractivity contribution in [1.82, 2.24) is 14.8 Å². The average molecular weight is 335 g/mol. The fraction of sp³-hybridized carbons (Fsp3) is 0.429. The van der Waals surface area contributed by atoms with Gasteiger partial charge in [0.25, 0.3) is 0 Å². The van der Waals surface area contributed by atoms with Crippen LogP contribution >= 0.6 is 0 Å². The first-order valence-corrected chi connectivity index (χ1v) is 9.18. The van der Waals surface area contributed by atoms with E-state index in [1.54, 1.807) is 6.92 Å². The van der Waals surface area contributed by atoms with Gasteiger partial charge in [0.05, 0.1) is 11.2 Å². The van der Waals surface area contributed by atoms with Crippen LogP contribution in [0, 0.1) is 0 Å². The molecule has 130 valence electrons. The predicted octanol–water partition coefficient (Wildman–Crippen LogP) is 2.98. The number of nitrogens with zero attached hydrogens (tertiary/aromatic N) is 3. The van der Waals surface area contributed by atoms with Crippen LogP contribution in [-0.4, -0.2) is 40.3 Å². The highest BCUT2D eigenvalue weighted by Crippen LogP contribution is 2.43. The first-order chi connectivity index (χ1) is 12.2. The lowest BCUT2D eigenvalue weighted by molar-refractivity contribution is -0.139. The molecule has 0 radical (unpaired) electrons. The van der Waals surface area contributed by atoms with Crippen LogP contribution in [-0.2, 0) is 23.3 Å². The van der Waals surface area contributed by atoms with Crippen LogP contribution in [0.4, 0.5) is 0 Å². The number of rotatable bonds is 2. The molecule has 0 bridgehead atoms. The minimum Gasteiger partial charge on any atom is -0.333 e. The van der Waals surface area contributed by atoms with Crippen molar-refractivity contribution in [2.75, 3.05) is 19.6 Å². The summed E-state index contributed by atoms with van der Waals surface area (Å²) >= 11 is 0. The van der Waals surface area contributed by atoms with Crippen molar-refractivity contribution in [3.8, 4) is 0 Å². The van der Waals surface area contributed by atoms with Gasteiger partial charge in [0, 0.05) is 39.3 Å². The maximum atomic E-state index is 12.4. The summed E-state index contributed by atoms with van der Waals surface area (Å²) in [6.45, 7) is 5.44.